The average Bonchev–Trinajstić information content (AvgIpc) is 2.20. The molecule has 1 unspecified atom stereocenters. The number of nitrogens with two attached hydrogens (primary N) is 2. The molecule has 9 N–H and O–H groups in total. The predicted octanol–water partition coefficient (Wildman–Crippen LogP) is -2.67. The molecule has 0 aliphatic rings. The molecule has 0 fully saturated rings. The van der Waals surface area contributed by atoms with E-state index in [1.165, 1.54) is 0 Å². The van der Waals surface area contributed by atoms with Crippen LogP contribution in [0, 0.1) is 0 Å². The fourth-order valence-corrected chi connectivity index (χ4v) is 1.56. The molecule has 0 aliphatic carbocycles. The Bertz CT molecular complexity index is 358. The summed E-state index contributed by atoms with van der Waals surface area (Å²) < 4.78 is 10.6. The third kappa shape index (κ3) is 7.20. The van der Waals surface area contributed by atoms with E-state index in [1.54, 1.807) is 0 Å². The average molecular weight is 284 g/mol. The lowest BCUT2D eigenvalue weighted by atomic mass is 10.1. The third-order valence-corrected chi connectivity index (χ3v) is 2.57. The number of urea groups is 1. The van der Waals surface area contributed by atoms with Crippen LogP contribution >= 0.6 is 7.60 Å². The van der Waals surface area contributed by atoms with Crippen molar-refractivity contribution in [2.24, 2.45) is 11.5 Å². The molecule has 0 bridgehead atoms. The zero-order valence-corrected chi connectivity index (χ0v) is 10.4. The van der Waals surface area contributed by atoms with Gasteiger partial charge in [-0.05, 0) is 6.42 Å². The highest BCUT2D eigenvalue weighted by Crippen LogP contribution is 2.33. The fourth-order valence-electron chi connectivity index (χ4n) is 1.09. The SMILES string of the molecule is NC(=O)NCCCC(O)(NCP(=O)(O)O)C(N)=O. The summed E-state index contributed by atoms with van der Waals surface area (Å²) in [5.74, 6) is -1.17. The molecular formula is C7H17N4O6P. The maximum absolute atomic E-state index is 11.0. The smallest absolute Gasteiger partial charge is 0.339 e. The van der Waals surface area contributed by atoms with Gasteiger partial charge in [0.25, 0.3) is 5.91 Å². The van der Waals surface area contributed by atoms with E-state index < -0.39 is 31.5 Å². The minimum atomic E-state index is -4.43. The van der Waals surface area contributed by atoms with Gasteiger partial charge in [-0.1, -0.05) is 0 Å². The molecule has 0 aromatic rings. The van der Waals surface area contributed by atoms with E-state index in [0.717, 1.165) is 0 Å². The molecule has 0 aromatic carbocycles. The summed E-state index contributed by atoms with van der Waals surface area (Å²) >= 11 is 0. The summed E-state index contributed by atoms with van der Waals surface area (Å²) in [6.07, 6.45) is -0.991. The first kappa shape index (κ1) is 16.8. The van der Waals surface area contributed by atoms with Crippen LogP contribution in [0.4, 0.5) is 4.79 Å². The Kier molecular flexibility index (Phi) is 6.22. The molecule has 0 spiro atoms. The molecule has 0 rings (SSSR count). The van der Waals surface area contributed by atoms with Crippen molar-refractivity contribution in [2.45, 2.75) is 18.6 Å². The molecule has 18 heavy (non-hydrogen) atoms. The minimum absolute atomic E-state index is 0.0858. The van der Waals surface area contributed by atoms with Crippen molar-refractivity contribution < 1.29 is 29.0 Å². The number of hydrogen-bond donors (Lipinski definition) is 7. The lowest BCUT2D eigenvalue weighted by Crippen LogP contribution is -2.56. The molecule has 0 aromatic heterocycles. The van der Waals surface area contributed by atoms with Gasteiger partial charge in [-0.25, -0.2) is 4.79 Å². The van der Waals surface area contributed by atoms with E-state index in [-0.39, 0.29) is 19.4 Å². The number of aliphatic hydroxyl groups is 1. The quantitative estimate of drug-likeness (QED) is 0.144. The van der Waals surface area contributed by atoms with E-state index in [0.29, 0.717) is 0 Å². The van der Waals surface area contributed by atoms with Crippen LogP contribution in [0.3, 0.4) is 0 Å². The van der Waals surface area contributed by atoms with Crippen molar-refractivity contribution in [3.8, 4) is 0 Å². The summed E-state index contributed by atoms with van der Waals surface area (Å²) in [5, 5.41) is 14.0. The van der Waals surface area contributed by atoms with Crippen LogP contribution < -0.4 is 22.1 Å². The van der Waals surface area contributed by atoms with E-state index in [2.05, 4.69) is 5.32 Å². The maximum atomic E-state index is 11.0. The second-order valence-corrected chi connectivity index (χ2v) is 5.26. The van der Waals surface area contributed by atoms with Gasteiger partial charge in [-0.3, -0.25) is 14.7 Å². The number of carbonyl (C=O) groups is 2. The highest BCUT2D eigenvalue weighted by Gasteiger charge is 2.34. The van der Waals surface area contributed by atoms with Crippen LogP contribution in [0.5, 0.6) is 0 Å². The maximum Gasteiger partial charge on any atom is 0.339 e. The first-order valence-corrected chi connectivity index (χ1v) is 6.72. The van der Waals surface area contributed by atoms with Crippen LogP contribution in [0.1, 0.15) is 12.8 Å². The normalized spacial score (nSPS) is 14.8. The zero-order valence-electron chi connectivity index (χ0n) is 9.50. The summed E-state index contributed by atoms with van der Waals surface area (Å²) in [5.41, 5.74) is 7.47. The van der Waals surface area contributed by atoms with Crippen molar-refractivity contribution in [3.05, 3.63) is 0 Å². The Morgan fingerprint density at radius 2 is 1.83 bits per heavy atom. The van der Waals surface area contributed by atoms with E-state index in [9.17, 15) is 19.3 Å². The van der Waals surface area contributed by atoms with Crippen molar-refractivity contribution in [1.29, 1.82) is 0 Å². The van der Waals surface area contributed by atoms with E-state index in [1.807, 2.05) is 5.32 Å². The minimum Gasteiger partial charge on any atom is -0.367 e. The second-order valence-electron chi connectivity index (χ2n) is 3.62. The van der Waals surface area contributed by atoms with Crippen LogP contribution in [0.2, 0.25) is 0 Å². The molecule has 10 nitrogen and oxygen atoms in total. The van der Waals surface area contributed by atoms with Gasteiger partial charge in [0.1, 0.15) is 6.29 Å². The lowest BCUT2D eigenvalue weighted by Gasteiger charge is -2.26. The van der Waals surface area contributed by atoms with Crippen LogP contribution in [-0.2, 0) is 9.36 Å². The summed E-state index contributed by atoms with van der Waals surface area (Å²) in [4.78, 5) is 38.6. The number of primary amides is 2. The Hall–Kier alpha value is -1.19. The van der Waals surface area contributed by atoms with Crippen LogP contribution in [0.15, 0.2) is 0 Å². The molecule has 0 heterocycles. The Morgan fingerprint density at radius 3 is 2.22 bits per heavy atom. The largest absolute Gasteiger partial charge is 0.367 e. The molecular weight excluding hydrogens is 267 g/mol. The first-order chi connectivity index (χ1) is 8.07. The first-order valence-electron chi connectivity index (χ1n) is 4.92. The number of nitrogens with one attached hydrogen (secondary N) is 2. The van der Waals surface area contributed by atoms with Crippen molar-refractivity contribution in [3.63, 3.8) is 0 Å². The Balaban J connectivity index is 4.31. The number of hydrogen-bond acceptors (Lipinski definition) is 5. The van der Waals surface area contributed by atoms with Crippen LogP contribution in [-0.4, -0.2) is 45.4 Å². The number of rotatable bonds is 8. The van der Waals surface area contributed by atoms with Crippen LogP contribution in [0.25, 0.3) is 0 Å². The Morgan fingerprint density at radius 1 is 1.28 bits per heavy atom. The van der Waals surface area contributed by atoms with Crippen molar-refractivity contribution in [2.75, 3.05) is 12.8 Å². The predicted molar refractivity (Wildman–Crippen MR) is 61.0 cm³/mol. The summed E-state index contributed by atoms with van der Waals surface area (Å²) in [7, 11) is -4.43. The van der Waals surface area contributed by atoms with Gasteiger partial charge >= 0.3 is 13.6 Å². The van der Waals surface area contributed by atoms with Gasteiger partial charge in [0.05, 0.1) is 0 Å². The topological polar surface area (TPSA) is 188 Å². The highest BCUT2D eigenvalue weighted by atomic mass is 31.2. The molecule has 106 valence electrons. The van der Waals surface area contributed by atoms with Crippen molar-refractivity contribution >= 4 is 19.5 Å². The summed E-state index contributed by atoms with van der Waals surface area (Å²) in [6.45, 7) is 0.0858. The van der Waals surface area contributed by atoms with Gasteiger partial charge < -0.3 is 31.7 Å². The molecule has 1 atom stereocenters. The van der Waals surface area contributed by atoms with E-state index >= 15 is 0 Å². The van der Waals surface area contributed by atoms with Gasteiger partial charge in [-0.2, -0.15) is 0 Å². The fraction of sp³-hybridized carbons (Fsp3) is 0.714. The Labute approximate surface area is 103 Å². The molecule has 0 saturated heterocycles. The van der Waals surface area contributed by atoms with Crippen molar-refractivity contribution in [1.82, 2.24) is 10.6 Å². The standard InChI is InChI=1S/C7H17N4O6P/c8-5(12)7(14,11-4-18(15,16)17)2-1-3-10-6(9)13/h11,14H,1-4H2,(H2,8,12)(H3,9,10,13)(H2,15,16,17). The lowest BCUT2D eigenvalue weighted by molar-refractivity contribution is -0.140. The molecule has 11 heteroatoms. The zero-order chi connectivity index (χ0) is 14.4. The van der Waals surface area contributed by atoms with Gasteiger partial charge in [0, 0.05) is 13.0 Å². The van der Waals surface area contributed by atoms with Gasteiger partial charge in [0.2, 0.25) is 0 Å². The number of amides is 3. The van der Waals surface area contributed by atoms with Gasteiger partial charge in [0.15, 0.2) is 5.72 Å². The highest BCUT2D eigenvalue weighted by molar-refractivity contribution is 7.51. The molecule has 0 saturated carbocycles. The molecule has 0 aliphatic heterocycles. The molecule has 0 radical (unpaired) electrons. The van der Waals surface area contributed by atoms with E-state index in [4.69, 9.17) is 21.3 Å². The second kappa shape index (κ2) is 6.66. The number of carbonyl (C=O) groups excluding carboxylic acids is 2. The summed E-state index contributed by atoms with van der Waals surface area (Å²) in [6, 6.07) is -0.763. The third-order valence-electron chi connectivity index (χ3n) is 2.00. The monoisotopic (exact) mass is 284 g/mol. The molecule has 3 amide bonds. The van der Waals surface area contributed by atoms with Gasteiger partial charge in [-0.15, -0.1) is 0 Å².